The summed E-state index contributed by atoms with van der Waals surface area (Å²) in [7, 11) is 2.00. The second-order valence-electron chi connectivity index (χ2n) is 5.40. The number of nitrogens with zero attached hydrogens (tertiary/aromatic N) is 2. The monoisotopic (exact) mass is 285 g/mol. The first-order valence-corrected chi connectivity index (χ1v) is 6.87. The van der Waals surface area contributed by atoms with Gasteiger partial charge in [-0.2, -0.15) is 0 Å². The van der Waals surface area contributed by atoms with E-state index in [9.17, 15) is 14.4 Å². The van der Waals surface area contributed by atoms with E-state index in [0.29, 0.717) is 13.1 Å². The number of nitrogens with one attached hydrogen (secondary N) is 1. The van der Waals surface area contributed by atoms with Gasteiger partial charge in [-0.25, -0.2) is 4.79 Å². The second-order valence-corrected chi connectivity index (χ2v) is 5.40. The maximum Gasteiger partial charge on any atom is 0.324 e. The maximum absolute atomic E-state index is 11.9. The fourth-order valence-electron chi connectivity index (χ4n) is 2.19. The van der Waals surface area contributed by atoms with Crippen LogP contribution in [0.5, 0.6) is 0 Å². The molecular weight excluding hydrogens is 262 g/mol. The van der Waals surface area contributed by atoms with Crippen molar-refractivity contribution in [2.75, 3.05) is 33.2 Å². The molecule has 0 aliphatic carbocycles. The number of likely N-dealkylation sites (N-methyl/N-ethyl adjacent to an activating group) is 1. The van der Waals surface area contributed by atoms with Crippen LogP contribution in [0.15, 0.2) is 0 Å². The van der Waals surface area contributed by atoms with Crippen LogP contribution >= 0.6 is 0 Å². The summed E-state index contributed by atoms with van der Waals surface area (Å²) in [5.41, 5.74) is 0. The van der Waals surface area contributed by atoms with Crippen molar-refractivity contribution in [1.82, 2.24) is 15.1 Å². The number of carboxylic acid groups (broad SMARTS) is 1. The van der Waals surface area contributed by atoms with Crippen LogP contribution in [0, 0.1) is 5.92 Å². The largest absolute Gasteiger partial charge is 0.481 e. The summed E-state index contributed by atoms with van der Waals surface area (Å²) in [6, 6.07) is -0.382. The molecule has 0 aromatic rings. The molecule has 7 nitrogen and oxygen atoms in total. The van der Waals surface area contributed by atoms with E-state index in [2.05, 4.69) is 10.2 Å². The van der Waals surface area contributed by atoms with Gasteiger partial charge < -0.3 is 14.9 Å². The number of hydrogen-bond acceptors (Lipinski definition) is 4. The van der Waals surface area contributed by atoms with Crippen LogP contribution in [-0.2, 0) is 9.59 Å². The highest BCUT2D eigenvalue weighted by Crippen LogP contribution is 2.07. The number of amides is 3. The highest BCUT2D eigenvalue weighted by molar-refractivity contribution is 5.94. The van der Waals surface area contributed by atoms with Gasteiger partial charge in [0.2, 0.25) is 5.91 Å². The zero-order valence-corrected chi connectivity index (χ0v) is 12.1. The third-order valence-electron chi connectivity index (χ3n) is 3.31. The topological polar surface area (TPSA) is 89.9 Å². The lowest BCUT2D eigenvalue weighted by molar-refractivity contribution is -0.138. The van der Waals surface area contributed by atoms with Crippen molar-refractivity contribution in [1.29, 1.82) is 0 Å². The molecule has 2 N–H and O–H groups in total. The number of rotatable bonds is 4. The molecule has 7 heteroatoms. The molecule has 1 unspecified atom stereocenters. The molecular formula is C13H23N3O4. The van der Waals surface area contributed by atoms with Crippen molar-refractivity contribution in [3.63, 3.8) is 0 Å². The Balaban J connectivity index is 2.37. The van der Waals surface area contributed by atoms with Gasteiger partial charge in [-0.05, 0) is 25.9 Å². The standard InChI is InChI=1S/C13H23N3O4/c1-10(9-12(18)19)8-11(17)14-13(20)16-5-3-4-15(2)6-7-16/h10H,3-9H2,1-2H3,(H,18,19)(H,14,17,20). The molecule has 0 saturated carbocycles. The molecule has 1 rings (SSSR count). The Labute approximate surface area is 118 Å². The van der Waals surface area contributed by atoms with Crippen LogP contribution in [0.3, 0.4) is 0 Å². The first-order chi connectivity index (χ1) is 9.38. The number of carboxylic acids is 1. The lowest BCUT2D eigenvalue weighted by atomic mass is 10.0. The molecule has 0 spiro atoms. The molecule has 1 saturated heterocycles. The van der Waals surface area contributed by atoms with E-state index in [1.54, 1.807) is 11.8 Å². The molecule has 1 aliphatic rings. The summed E-state index contributed by atoms with van der Waals surface area (Å²) in [5, 5.41) is 11.0. The molecule has 1 atom stereocenters. The van der Waals surface area contributed by atoms with Crippen LogP contribution in [0.1, 0.15) is 26.2 Å². The Kier molecular flexibility index (Phi) is 6.44. The lowest BCUT2D eigenvalue weighted by Gasteiger charge is -2.20. The Morgan fingerprint density at radius 3 is 2.50 bits per heavy atom. The Hall–Kier alpha value is -1.63. The van der Waals surface area contributed by atoms with Crippen LogP contribution in [0.4, 0.5) is 4.79 Å². The molecule has 3 amide bonds. The number of aliphatic carboxylic acids is 1. The van der Waals surface area contributed by atoms with Gasteiger partial charge in [0.1, 0.15) is 0 Å². The number of carbonyl (C=O) groups is 3. The van der Waals surface area contributed by atoms with Crippen LogP contribution < -0.4 is 5.32 Å². The smallest absolute Gasteiger partial charge is 0.324 e. The zero-order valence-electron chi connectivity index (χ0n) is 12.1. The van der Waals surface area contributed by atoms with Crippen LogP contribution in [0.2, 0.25) is 0 Å². The van der Waals surface area contributed by atoms with E-state index in [4.69, 9.17) is 5.11 Å². The van der Waals surface area contributed by atoms with Crippen molar-refractivity contribution in [2.45, 2.75) is 26.2 Å². The van der Waals surface area contributed by atoms with Gasteiger partial charge in [0.05, 0.1) is 0 Å². The Bertz CT molecular complexity index is 373. The second kappa shape index (κ2) is 7.84. The van der Waals surface area contributed by atoms with Gasteiger partial charge in [0.25, 0.3) is 0 Å². The van der Waals surface area contributed by atoms with Crippen molar-refractivity contribution in [3.8, 4) is 0 Å². The van der Waals surface area contributed by atoms with E-state index in [-0.39, 0.29) is 24.8 Å². The third kappa shape index (κ3) is 6.01. The SMILES string of the molecule is CC(CC(=O)O)CC(=O)NC(=O)N1CCCN(C)CC1. The summed E-state index contributed by atoms with van der Waals surface area (Å²) in [4.78, 5) is 37.9. The molecule has 20 heavy (non-hydrogen) atoms. The fourth-order valence-corrected chi connectivity index (χ4v) is 2.19. The quantitative estimate of drug-likeness (QED) is 0.778. The first-order valence-electron chi connectivity index (χ1n) is 6.87. The zero-order chi connectivity index (χ0) is 15.1. The highest BCUT2D eigenvalue weighted by atomic mass is 16.4. The van der Waals surface area contributed by atoms with Crippen molar-refractivity contribution in [3.05, 3.63) is 0 Å². The molecule has 1 aliphatic heterocycles. The minimum atomic E-state index is -0.938. The maximum atomic E-state index is 11.9. The highest BCUT2D eigenvalue weighted by Gasteiger charge is 2.20. The fraction of sp³-hybridized carbons (Fsp3) is 0.769. The van der Waals surface area contributed by atoms with Crippen LogP contribution in [0.25, 0.3) is 0 Å². The summed E-state index contributed by atoms with van der Waals surface area (Å²) in [6.07, 6.45) is 0.857. The van der Waals surface area contributed by atoms with E-state index < -0.39 is 11.9 Å². The predicted molar refractivity (Wildman–Crippen MR) is 73.3 cm³/mol. The summed E-state index contributed by atoms with van der Waals surface area (Å²) < 4.78 is 0. The van der Waals surface area contributed by atoms with Crippen LogP contribution in [-0.4, -0.2) is 66.0 Å². The summed E-state index contributed by atoms with van der Waals surface area (Å²) >= 11 is 0. The van der Waals surface area contributed by atoms with Crippen molar-refractivity contribution < 1.29 is 19.5 Å². The minimum absolute atomic E-state index is 0.0474. The molecule has 1 heterocycles. The number of hydrogen-bond donors (Lipinski definition) is 2. The first kappa shape index (κ1) is 16.4. The Morgan fingerprint density at radius 2 is 1.85 bits per heavy atom. The van der Waals surface area contributed by atoms with Crippen molar-refractivity contribution in [2.24, 2.45) is 5.92 Å². The normalized spacial score (nSPS) is 18.2. The minimum Gasteiger partial charge on any atom is -0.481 e. The molecule has 1 fully saturated rings. The van der Waals surface area contributed by atoms with Crippen molar-refractivity contribution >= 4 is 17.9 Å². The van der Waals surface area contributed by atoms with Gasteiger partial charge in [-0.1, -0.05) is 6.92 Å². The van der Waals surface area contributed by atoms with E-state index >= 15 is 0 Å². The average Bonchev–Trinajstić information content (AvgIpc) is 2.52. The predicted octanol–water partition coefficient (Wildman–Crippen LogP) is 0.361. The molecule has 0 aromatic heterocycles. The molecule has 114 valence electrons. The van der Waals surface area contributed by atoms with Gasteiger partial charge in [0, 0.05) is 32.5 Å². The van der Waals surface area contributed by atoms with E-state index in [1.165, 1.54) is 0 Å². The number of imide groups is 1. The molecule has 0 radical (unpaired) electrons. The third-order valence-corrected chi connectivity index (χ3v) is 3.31. The number of carbonyl (C=O) groups excluding carboxylic acids is 2. The molecule has 0 aromatic carbocycles. The van der Waals surface area contributed by atoms with Gasteiger partial charge >= 0.3 is 12.0 Å². The average molecular weight is 285 g/mol. The Morgan fingerprint density at radius 1 is 1.15 bits per heavy atom. The van der Waals surface area contributed by atoms with E-state index in [0.717, 1.165) is 19.5 Å². The summed E-state index contributed by atoms with van der Waals surface area (Å²) in [6.45, 7) is 4.64. The lowest BCUT2D eigenvalue weighted by Crippen LogP contribution is -2.44. The summed E-state index contributed by atoms with van der Waals surface area (Å²) in [5.74, 6) is -1.64. The van der Waals surface area contributed by atoms with E-state index in [1.807, 2.05) is 7.05 Å². The van der Waals surface area contributed by atoms with Gasteiger partial charge in [0.15, 0.2) is 0 Å². The number of urea groups is 1. The molecule has 0 bridgehead atoms. The van der Waals surface area contributed by atoms with Gasteiger partial charge in [-0.3, -0.25) is 14.9 Å². The van der Waals surface area contributed by atoms with Gasteiger partial charge in [-0.15, -0.1) is 0 Å².